The molecule has 5 heteroatoms. The van der Waals surface area contributed by atoms with Crippen molar-refractivity contribution >= 4 is 23.2 Å². The highest BCUT2D eigenvalue weighted by Crippen LogP contribution is 2.26. The van der Waals surface area contributed by atoms with Gasteiger partial charge in [0, 0.05) is 6.54 Å². The third-order valence-electron chi connectivity index (χ3n) is 2.67. The van der Waals surface area contributed by atoms with E-state index in [-0.39, 0.29) is 0 Å². The van der Waals surface area contributed by atoms with Crippen LogP contribution in [0.4, 0.5) is 0 Å². The van der Waals surface area contributed by atoms with Crippen LogP contribution in [-0.2, 0) is 16.0 Å². The van der Waals surface area contributed by atoms with Crippen LogP contribution >= 0.6 is 11.3 Å². The van der Waals surface area contributed by atoms with Gasteiger partial charge in [-0.2, -0.15) is 11.3 Å². The molecule has 0 saturated heterocycles. The van der Waals surface area contributed by atoms with Gasteiger partial charge in [-0.05, 0) is 34.2 Å². The van der Waals surface area contributed by atoms with Crippen molar-refractivity contribution in [3.63, 3.8) is 0 Å². The van der Waals surface area contributed by atoms with Crippen LogP contribution in [0.5, 0.6) is 0 Å². The Labute approximate surface area is 111 Å². The summed E-state index contributed by atoms with van der Waals surface area (Å²) in [5.41, 5.74) is 0.570. The van der Waals surface area contributed by atoms with Crippen molar-refractivity contribution in [1.29, 1.82) is 0 Å². The van der Waals surface area contributed by atoms with E-state index in [1.165, 1.54) is 0 Å². The number of carbonyl (C=O) groups is 2. The van der Waals surface area contributed by atoms with Crippen LogP contribution in [0.2, 0.25) is 0 Å². The predicted octanol–water partition coefficient (Wildman–Crippen LogP) is 2.15. The highest BCUT2D eigenvalue weighted by atomic mass is 32.1. The molecule has 1 heterocycles. The molecule has 1 atom stereocenters. The fourth-order valence-corrected chi connectivity index (χ4v) is 2.45. The summed E-state index contributed by atoms with van der Waals surface area (Å²) in [6, 6.07) is 2.00. The van der Waals surface area contributed by atoms with E-state index in [2.05, 4.69) is 5.32 Å². The summed E-state index contributed by atoms with van der Waals surface area (Å²) in [7, 11) is 0. The summed E-state index contributed by atoms with van der Waals surface area (Å²) < 4.78 is 0. The number of amides is 1. The molecule has 0 bridgehead atoms. The van der Waals surface area contributed by atoms with Crippen molar-refractivity contribution in [2.24, 2.45) is 11.3 Å². The maximum atomic E-state index is 11.9. The van der Waals surface area contributed by atoms with Gasteiger partial charge in [0.15, 0.2) is 0 Å². The summed E-state index contributed by atoms with van der Waals surface area (Å²) >= 11 is 1.61. The molecule has 0 aromatic carbocycles. The van der Waals surface area contributed by atoms with Crippen LogP contribution in [0.3, 0.4) is 0 Å². The monoisotopic (exact) mass is 269 g/mol. The predicted molar refractivity (Wildman–Crippen MR) is 71.6 cm³/mol. The maximum absolute atomic E-state index is 11.9. The summed E-state index contributed by atoms with van der Waals surface area (Å²) in [5.74, 6) is -2.50. The van der Waals surface area contributed by atoms with Crippen LogP contribution in [0.1, 0.15) is 26.3 Å². The van der Waals surface area contributed by atoms with E-state index in [1.54, 1.807) is 32.1 Å². The fourth-order valence-electron chi connectivity index (χ4n) is 1.74. The number of carbonyl (C=O) groups excluding carboxylic acids is 1. The lowest BCUT2D eigenvalue weighted by Crippen LogP contribution is -2.43. The van der Waals surface area contributed by atoms with Crippen LogP contribution in [0.25, 0.3) is 0 Å². The minimum Gasteiger partial charge on any atom is -0.481 e. The van der Waals surface area contributed by atoms with E-state index < -0.39 is 23.2 Å². The Balaban J connectivity index is 2.50. The first kappa shape index (κ1) is 14.7. The van der Waals surface area contributed by atoms with Gasteiger partial charge in [0.2, 0.25) is 5.91 Å². The molecule has 0 fully saturated rings. The minimum atomic E-state index is -1.07. The topological polar surface area (TPSA) is 66.4 Å². The van der Waals surface area contributed by atoms with Crippen LogP contribution < -0.4 is 5.32 Å². The lowest BCUT2D eigenvalue weighted by Gasteiger charge is -2.25. The number of carboxylic acid groups (broad SMARTS) is 1. The molecule has 0 aliphatic heterocycles. The molecule has 1 unspecified atom stereocenters. The van der Waals surface area contributed by atoms with Crippen LogP contribution in [0.15, 0.2) is 16.8 Å². The van der Waals surface area contributed by atoms with Crippen molar-refractivity contribution in [3.05, 3.63) is 22.4 Å². The average molecular weight is 269 g/mol. The molecule has 2 N–H and O–H groups in total. The largest absolute Gasteiger partial charge is 0.481 e. The molecule has 0 aliphatic carbocycles. The average Bonchev–Trinajstić information content (AvgIpc) is 2.67. The first-order valence-electron chi connectivity index (χ1n) is 5.84. The standard InChI is InChI=1S/C13H19NO3S/c1-13(2,3)10(12(16)17)11(15)14-6-4-9-5-7-18-8-9/h5,7-8,10H,4,6H2,1-3H3,(H,14,15)(H,16,17). The second-order valence-corrected chi connectivity index (χ2v) is 6.09. The van der Waals surface area contributed by atoms with Crippen molar-refractivity contribution < 1.29 is 14.7 Å². The minimum absolute atomic E-state index is 0.412. The van der Waals surface area contributed by atoms with Gasteiger partial charge in [-0.1, -0.05) is 20.8 Å². The molecule has 4 nitrogen and oxygen atoms in total. The summed E-state index contributed by atoms with van der Waals surface area (Å²) in [6.07, 6.45) is 0.728. The Hall–Kier alpha value is -1.36. The third-order valence-corrected chi connectivity index (χ3v) is 3.40. The number of rotatable bonds is 5. The highest BCUT2D eigenvalue weighted by Gasteiger charge is 2.37. The molecule has 0 saturated carbocycles. The van der Waals surface area contributed by atoms with Gasteiger partial charge in [0.25, 0.3) is 0 Å². The summed E-state index contributed by atoms with van der Waals surface area (Å²) in [6.45, 7) is 5.73. The number of nitrogens with one attached hydrogen (secondary N) is 1. The van der Waals surface area contributed by atoms with Gasteiger partial charge < -0.3 is 10.4 Å². The molecular weight excluding hydrogens is 250 g/mol. The highest BCUT2D eigenvalue weighted by molar-refractivity contribution is 7.07. The molecule has 0 aliphatic rings. The first-order chi connectivity index (χ1) is 8.32. The van der Waals surface area contributed by atoms with Gasteiger partial charge >= 0.3 is 5.97 Å². The SMILES string of the molecule is CC(C)(C)C(C(=O)O)C(=O)NCCc1ccsc1. The van der Waals surface area contributed by atoms with Crippen molar-refractivity contribution in [3.8, 4) is 0 Å². The van der Waals surface area contributed by atoms with Crippen molar-refractivity contribution in [2.45, 2.75) is 27.2 Å². The molecule has 0 radical (unpaired) electrons. The van der Waals surface area contributed by atoms with E-state index in [9.17, 15) is 9.59 Å². The zero-order chi connectivity index (χ0) is 13.8. The van der Waals surface area contributed by atoms with Crippen molar-refractivity contribution in [2.75, 3.05) is 6.54 Å². The van der Waals surface area contributed by atoms with Gasteiger partial charge in [0.1, 0.15) is 5.92 Å². The molecule has 18 heavy (non-hydrogen) atoms. The number of aliphatic carboxylic acids is 1. The zero-order valence-corrected chi connectivity index (χ0v) is 11.7. The van der Waals surface area contributed by atoms with Gasteiger partial charge in [-0.25, -0.2) is 0 Å². The second-order valence-electron chi connectivity index (χ2n) is 5.31. The Morgan fingerprint density at radius 3 is 2.56 bits per heavy atom. The zero-order valence-electron chi connectivity index (χ0n) is 10.9. The molecule has 1 rings (SSSR count). The van der Waals surface area contributed by atoms with E-state index >= 15 is 0 Å². The molecular formula is C13H19NO3S. The normalized spacial score (nSPS) is 13.1. The van der Waals surface area contributed by atoms with Crippen LogP contribution in [-0.4, -0.2) is 23.5 Å². The number of hydrogen-bond acceptors (Lipinski definition) is 3. The number of hydrogen-bond donors (Lipinski definition) is 2. The van der Waals surface area contributed by atoms with E-state index in [4.69, 9.17) is 5.11 Å². The molecule has 100 valence electrons. The van der Waals surface area contributed by atoms with E-state index in [0.717, 1.165) is 12.0 Å². The van der Waals surface area contributed by atoms with E-state index in [1.807, 2.05) is 16.8 Å². The summed E-state index contributed by atoms with van der Waals surface area (Å²) in [5, 5.41) is 15.8. The van der Waals surface area contributed by atoms with Gasteiger partial charge in [-0.3, -0.25) is 9.59 Å². The number of thiophene rings is 1. The Bertz CT molecular complexity index is 406. The fraction of sp³-hybridized carbons (Fsp3) is 0.538. The summed E-state index contributed by atoms with van der Waals surface area (Å²) in [4.78, 5) is 23.0. The van der Waals surface area contributed by atoms with E-state index in [0.29, 0.717) is 6.54 Å². The quantitative estimate of drug-likeness (QED) is 0.805. The second kappa shape index (κ2) is 6.00. The third kappa shape index (κ3) is 4.14. The first-order valence-corrected chi connectivity index (χ1v) is 6.78. The molecule has 0 spiro atoms. The Morgan fingerprint density at radius 2 is 2.11 bits per heavy atom. The Kier molecular flexibility index (Phi) is 4.90. The molecule has 1 amide bonds. The maximum Gasteiger partial charge on any atom is 0.316 e. The van der Waals surface area contributed by atoms with Crippen molar-refractivity contribution in [1.82, 2.24) is 5.32 Å². The molecule has 1 aromatic rings. The lowest BCUT2D eigenvalue weighted by molar-refractivity contribution is -0.151. The van der Waals surface area contributed by atoms with Crippen LogP contribution in [0, 0.1) is 11.3 Å². The molecule has 1 aromatic heterocycles. The smallest absolute Gasteiger partial charge is 0.316 e. The number of carboxylic acids is 1. The lowest BCUT2D eigenvalue weighted by atomic mass is 9.80. The van der Waals surface area contributed by atoms with Gasteiger partial charge in [-0.15, -0.1) is 0 Å². The van der Waals surface area contributed by atoms with Gasteiger partial charge in [0.05, 0.1) is 0 Å². The Morgan fingerprint density at radius 1 is 1.44 bits per heavy atom.